The molecule has 0 radical (unpaired) electrons. The highest BCUT2D eigenvalue weighted by molar-refractivity contribution is 5.78. The molecule has 0 aromatic heterocycles. The molecule has 0 atom stereocenters. The van der Waals surface area contributed by atoms with Crippen molar-refractivity contribution in [3.8, 4) is 11.5 Å². The number of nitrogens with two attached hydrogens (primary N) is 1. The van der Waals surface area contributed by atoms with Gasteiger partial charge in [-0.3, -0.25) is 4.79 Å². The predicted molar refractivity (Wildman–Crippen MR) is 99.0 cm³/mol. The Balaban J connectivity index is 1.81. The Hall–Kier alpha value is -2.53. The molecule has 134 valence electrons. The minimum Gasteiger partial charge on any atom is -0.504 e. The minimum atomic E-state index is -0.0705. The average Bonchev–Trinajstić information content (AvgIpc) is 2.57. The fourth-order valence-corrected chi connectivity index (χ4v) is 2.52. The minimum absolute atomic E-state index is 0.0221. The normalized spacial score (nSPS) is 10.5. The molecule has 0 aliphatic heterocycles. The number of phenols is 1. The van der Waals surface area contributed by atoms with Gasteiger partial charge >= 0.3 is 0 Å². The fourth-order valence-electron chi connectivity index (χ4n) is 2.52. The number of rotatable bonds is 8. The van der Waals surface area contributed by atoms with E-state index in [1.165, 1.54) is 16.7 Å². The molecule has 5 heteroatoms. The van der Waals surface area contributed by atoms with Gasteiger partial charge in [0.1, 0.15) is 6.61 Å². The molecule has 0 spiro atoms. The number of aromatic hydroxyl groups is 1. The third kappa shape index (κ3) is 5.80. The Kier molecular flexibility index (Phi) is 6.83. The van der Waals surface area contributed by atoms with Crippen LogP contribution in [0, 0.1) is 13.8 Å². The molecule has 0 unspecified atom stereocenters. The van der Waals surface area contributed by atoms with Gasteiger partial charge in [-0.1, -0.05) is 24.3 Å². The van der Waals surface area contributed by atoms with Gasteiger partial charge in [0.2, 0.25) is 5.91 Å². The topological polar surface area (TPSA) is 84.6 Å². The van der Waals surface area contributed by atoms with E-state index >= 15 is 0 Å². The number of carbonyl (C=O) groups is 1. The van der Waals surface area contributed by atoms with Gasteiger partial charge in [0.05, 0.1) is 6.42 Å². The molecule has 0 heterocycles. The lowest BCUT2D eigenvalue weighted by molar-refractivity contribution is -0.120. The van der Waals surface area contributed by atoms with Crippen LogP contribution < -0.4 is 15.8 Å². The standard InChI is InChI=1S/C20H26N2O3/c1-14-3-4-16(11-15(14)2)7-9-22-20(24)13-17-5-6-19(18(23)12-17)25-10-8-21/h3-6,11-12,23H,7-10,13,21H2,1-2H3,(H,22,24). The van der Waals surface area contributed by atoms with E-state index in [0.29, 0.717) is 25.4 Å². The molecule has 0 bridgehead atoms. The number of nitrogens with one attached hydrogen (secondary N) is 1. The molecule has 2 rings (SSSR count). The van der Waals surface area contributed by atoms with E-state index in [-0.39, 0.29) is 18.1 Å². The van der Waals surface area contributed by atoms with Crippen LogP contribution in [0.1, 0.15) is 22.3 Å². The average molecular weight is 342 g/mol. The maximum absolute atomic E-state index is 12.1. The number of carbonyl (C=O) groups excluding carboxylic acids is 1. The molecule has 0 saturated heterocycles. The first-order chi connectivity index (χ1) is 12.0. The summed E-state index contributed by atoms with van der Waals surface area (Å²) in [6.45, 7) is 5.48. The zero-order chi connectivity index (χ0) is 18.2. The number of amides is 1. The monoisotopic (exact) mass is 342 g/mol. The first kappa shape index (κ1) is 18.8. The molecule has 0 saturated carbocycles. The zero-order valence-corrected chi connectivity index (χ0v) is 14.8. The van der Waals surface area contributed by atoms with Crippen molar-refractivity contribution in [3.05, 3.63) is 58.7 Å². The number of ether oxygens (including phenoxy) is 1. The highest BCUT2D eigenvalue weighted by Gasteiger charge is 2.08. The zero-order valence-electron chi connectivity index (χ0n) is 14.8. The molecule has 2 aromatic carbocycles. The van der Waals surface area contributed by atoms with Crippen molar-refractivity contribution in [1.82, 2.24) is 5.32 Å². The maximum Gasteiger partial charge on any atom is 0.224 e. The summed E-state index contributed by atoms with van der Waals surface area (Å²) in [6, 6.07) is 11.3. The van der Waals surface area contributed by atoms with Gasteiger partial charge in [-0.05, 0) is 54.7 Å². The summed E-state index contributed by atoms with van der Waals surface area (Å²) in [5, 5.41) is 12.8. The molecule has 2 aromatic rings. The van der Waals surface area contributed by atoms with Crippen LogP contribution in [-0.4, -0.2) is 30.7 Å². The van der Waals surface area contributed by atoms with E-state index in [2.05, 4.69) is 37.4 Å². The summed E-state index contributed by atoms with van der Waals surface area (Å²) in [7, 11) is 0. The third-order valence-electron chi connectivity index (χ3n) is 4.07. The molecular weight excluding hydrogens is 316 g/mol. The second-order valence-corrected chi connectivity index (χ2v) is 6.13. The van der Waals surface area contributed by atoms with Crippen LogP contribution in [0.15, 0.2) is 36.4 Å². The summed E-state index contributed by atoms with van der Waals surface area (Å²) < 4.78 is 5.30. The smallest absolute Gasteiger partial charge is 0.224 e. The molecule has 5 nitrogen and oxygen atoms in total. The van der Waals surface area contributed by atoms with Crippen LogP contribution in [0.25, 0.3) is 0 Å². The van der Waals surface area contributed by atoms with Gasteiger partial charge in [-0.25, -0.2) is 0 Å². The SMILES string of the molecule is Cc1ccc(CCNC(=O)Cc2ccc(OCCN)c(O)c2)cc1C. The number of benzene rings is 2. The van der Waals surface area contributed by atoms with Crippen LogP contribution in [0.3, 0.4) is 0 Å². The molecule has 0 aliphatic rings. The van der Waals surface area contributed by atoms with Crippen molar-refractivity contribution in [3.63, 3.8) is 0 Å². The van der Waals surface area contributed by atoms with Crippen molar-refractivity contribution in [2.24, 2.45) is 5.73 Å². The molecule has 0 fully saturated rings. The Bertz CT molecular complexity index is 729. The van der Waals surface area contributed by atoms with E-state index in [1.807, 2.05) is 0 Å². The quantitative estimate of drug-likeness (QED) is 0.687. The van der Waals surface area contributed by atoms with Crippen molar-refractivity contribution in [2.75, 3.05) is 19.7 Å². The molecule has 1 amide bonds. The lowest BCUT2D eigenvalue weighted by Gasteiger charge is -2.10. The highest BCUT2D eigenvalue weighted by Crippen LogP contribution is 2.26. The van der Waals surface area contributed by atoms with Gasteiger partial charge in [-0.15, -0.1) is 0 Å². The van der Waals surface area contributed by atoms with E-state index in [9.17, 15) is 9.90 Å². The summed E-state index contributed by atoms with van der Waals surface area (Å²) in [6.07, 6.45) is 1.02. The first-order valence-corrected chi connectivity index (χ1v) is 8.47. The fraction of sp³-hybridized carbons (Fsp3) is 0.350. The molecule has 25 heavy (non-hydrogen) atoms. The van der Waals surface area contributed by atoms with Gasteiger partial charge in [-0.2, -0.15) is 0 Å². The number of aryl methyl sites for hydroxylation is 2. The lowest BCUT2D eigenvalue weighted by Crippen LogP contribution is -2.27. The van der Waals surface area contributed by atoms with Crippen molar-refractivity contribution in [1.29, 1.82) is 0 Å². The summed E-state index contributed by atoms with van der Waals surface area (Å²) in [4.78, 5) is 12.1. The van der Waals surface area contributed by atoms with Crippen LogP contribution in [0.4, 0.5) is 0 Å². The van der Waals surface area contributed by atoms with Gasteiger partial charge < -0.3 is 20.9 Å². The van der Waals surface area contributed by atoms with Gasteiger partial charge in [0.25, 0.3) is 0 Å². The number of hydrogen-bond acceptors (Lipinski definition) is 4. The van der Waals surface area contributed by atoms with E-state index < -0.39 is 0 Å². The largest absolute Gasteiger partial charge is 0.504 e. The van der Waals surface area contributed by atoms with Crippen molar-refractivity contribution in [2.45, 2.75) is 26.7 Å². The van der Waals surface area contributed by atoms with Gasteiger partial charge in [0, 0.05) is 13.1 Å². The van der Waals surface area contributed by atoms with Crippen molar-refractivity contribution >= 4 is 5.91 Å². The first-order valence-electron chi connectivity index (χ1n) is 8.47. The third-order valence-corrected chi connectivity index (χ3v) is 4.07. The van der Waals surface area contributed by atoms with Crippen LogP contribution in [0.5, 0.6) is 11.5 Å². The second kappa shape index (κ2) is 9.08. The molecular formula is C20H26N2O3. The van der Waals surface area contributed by atoms with E-state index in [0.717, 1.165) is 12.0 Å². The molecule has 0 aliphatic carbocycles. The Morgan fingerprint density at radius 2 is 1.88 bits per heavy atom. The van der Waals surface area contributed by atoms with Crippen LogP contribution >= 0.6 is 0 Å². The van der Waals surface area contributed by atoms with Crippen LogP contribution in [0.2, 0.25) is 0 Å². The number of hydrogen-bond donors (Lipinski definition) is 3. The second-order valence-electron chi connectivity index (χ2n) is 6.13. The van der Waals surface area contributed by atoms with Crippen molar-refractivity contribution < 1.29 is 14.6 Å². The Labute approximate surface area is 148 Å². The van der Waals surface area contributed by atoms with Crippen LogP contribution in [-0.2, 0) is 17.6 Å². The number of phenolic OH excluding ortho intramolecular Hbond substituents is 1. The lowest BCUT2D eigenvalue weighted by atomic mass is 10.0. The van der Waals surface area contributed by atoms with E-state index in [4.69, 9.17) is 10.5 Å². The van der Waals surface area contributed by atoms with E-state index in [1.54, 1.807) is 18.2 Å². The summed E-state index contributed by atoms with van der Waals surface area (Å²) >= 11 is 0. The molecule has 4 N–H and O–H groups in total. The van der Waals surface area contributed by atoms with Gasteiger partial charge in [0.15, 0.2) is 11.5 Å². The summed E-state index contributed by atoms with van der Waals surface area (Å²) in [5.41, 5.74) is 9.84. The predicted octanol–water partition coefficient (Wildman–Crippen LogP) is 2.25. The maximum atomic E-state index is 12.1. The Morgan fingerprint density at radius 3 is 2.56 bits per heavy atom. The summed E-state index contributed by atoms with van der Waals surface area (Å²) in [5.74, 6) is 0.331. The Morgan fingerprint density at radius 1 is 1.12 bits per heavy atom. The highest BCUT2D eigenvalue weighted by atomic mass is 16.5.